The van der Waals surface area contributed by atoms with Crippen LogP contribution in [-0.2, 0) is 12.8 Å². The van der Waals surface area contributed by atoms with Gasteiger partial charge < -0.3 is 4.90 Å². The third-order valence-electron chi connectivity index (χ3n) is 6.36. The van der Waals surface area contributed by atoms with Crippen LogP contribution in [0.15, 0.2) is 116 Å². The molecule has 0 N–H and O–H groups in total. The van der Waals surface area contributed by atoms with Crippen molar-refractivity contribution in [3.63, 3.8) is 0 Å². The molecule has 1 aliphatic carbocycles. The van der Waals surface area contributed by atoms with Gasteiger partial charge in [0.2, 0.25) is 0 Å². The summed E-state index contributed by atoms with van der Waals surface area (Å²) in [6.45, 7) is 7.87. The van der Waals surface area contributed by atoms with Crippen LogP contribution in [-0.4, -0.2) is 11.6 Å². The lowest BCUT2D eigenvalue weighted by atomic mass is 9.82. The van der Waals surface area contributed by atoms with Crippen LogP contribution in [0.25, 0.3) is 0 Å². The van der Waals surface area contributed by atoms with Crippen molar-refractivity contribution in [3.05, 3.63) is 150 Å². The minimum Gasteiger partial charge on any atom is -0.309 e. The highest BCUT2D eigenvalue weighted by Crippen LogP contribution is 2.43. The maximum absolute atomic E-state index is 13.9. The summed E-state index contributed by atoms with van der Waals surface area (Å²) in [6, 6.07) is 28.8. The van der Waals surface area contributed by atoms with Gasteiger partial charge in [0, 0.05) is 28.1 Å². The van der Waals surface area contributed by atoms with Gasteiger partial charge in [-0.15, -0.1) is 13.2 Å². The smallest absolute Gasteiger partial charge is 0.196 e. The monoisotopic (exact) mass is 455 g/mol. The molecular weight excluding hydrogens is 430 g/mol. The van der Waals surface area contributed by atoms with E-state index in [2.05, 4.69) is 30.2 Å². The first kappa shape index (κ1) is 22.3. The summed E-state index contributed by atoms with van der Waals surface area (Å²) in [5.74, 6) is -0.269. The SMILES string of the molecule is C=CCc1ccccc1N(c1ccccc1CC=C)c1cccc2c1C(=O)c1ccccc1C2=O. The molecule has 0 saturated carbocycles. The molecule has 4 aromatic rings. The summed E-state index contributed by atoms with van der Waals surface area (Å²) in [6.07, 6.45) is 5.08. The van der Waals surface area contributed by atoms with E-state index in [0.717, 1.165) is 22.5 Å². The first-order valence-electron chi connectivity index (χ1n) is 11.6. The molecule has 0 unspecified atom stereocenters. The zero-order valence-corrected chi connectivity index (χ0v) is 19.4. The lowest BCUT2D eigenvalue weighted by Crippen LogP contribution is -2.25. The van der Waals surface area contributed by atoms with Crippen molar-refractivity contribution in [1.29, 1.82) is 0 Å². The van der Waals surface area contributed by atoms with E-state index in [0.29, 0.717) is 40.8 Å². The molecule has 170 valence electrons. The van der Waals surface area contributed by atoms with Gasteiger partial charge in [-0.3, -0.25) is 9.59 Å². The van der Waals surface area contributed by atoms with Gasteiger partial charge in [-0.2, -0.15) is 0 Å². The van der Waals surface area contributed by atoms with E-state index in [1.54, 1.807) is 30.3 Å². The van der Waals surface area contributed by atoms with E-state index in [4.69, 9.17) is 0 Å². The van der Waals surface area contributed by atoms with Gasteiger partial charge in [0.05, 0.1) is 11.3 Å². The van der Waals surface area contributed by atoms with E-state index < -0.39 is 0 Å². The number of para-hydroxylation sites is 2. The van der Waals surface area contributed by atoms with Crippen molar-refractivity contribution in [1.82, 2.24) is 0 Å². The fourth-order valence-electron chi connectivity index (χ4n) is 4.82. The quantitative estimate of drug-likeness (QED) is 0.240. The molecule has 3 nitrogen and oxygen atoms in total. The fraction of sp³-hybridized carbons (Fsp3) is 0.0625. The molecule has 0 saturated heterocycles. The van der Waals surface area contributed by atoms with Crippen molar-refractivity contribution in [2.45, 2.75) is 12.8 Å². The third kappa shape index (κ3) is 3.81. The van der Waals surface area contributed by atoms with E-state index in [-0.39, 0.29) is 11.6 Å². The molecule has 5 rings (SSSR count). The van der Waals surface area contributed by atoms with Crippen molar-refractivity contribution in [2.24, 2.45) is 0 Å². The van der Waals surface area contributed by atoms with E-state index in [1.807, 2.05) is 60.7 Å². The molecule has 0 heterocycles. The Balaban J connectivity index is 1.83. The molecular formula is C32H25NO2. The van der Waals surface area contributed by atoms with E-state index in [1.165, 1.54) is 0 Å². The van der Waals surface area contributed by atoms with Crippen molar-refractivity contribution >= 4 is 28.6 Å². The summed E-state index contributed by atoms with van der Waals surface area (Å²) >= 11 is 0. The predicted octanol–water partition coefficient (Wildman–Crippen LogP) is 7.39. The van der Waals surface area contributed by atoms with Crippen LogP contribution >= 0.6 is 0 Å². The van der Waals surface area contributed by atoms with Gasteiger partial charge in [0.15, 0.2) is 11.6 Å². The molecule has 0 aliphatic heterocycles. The molecule has 0 radical (unpaired) electrons. The minimum absolute atomic E-state index is 0.129. The summed E-state index contributed by atoms with van der Waals surface area (Å²) in [4.78, 5) is 29.4. The molecule has 0 bridgehead atoms. The number of ketones is 2. The Morgan fingerprint density at radius 1 is 0.543 bits per heavy atom. The number of nitrogens with zero attached hydrogens (tertiary/aromatic N) is 1. The number of anilines is 3. The molecule has 0 spiro atoms. The number of hydrogen-bond donors (Lipinski definition) is 0. The molecule has 4 aromatic carbocycles. The summed E-state index contributed by atoms with van der Waals surface area (Å²) < 4.78 is 0. The fourth-order valence-corrected chi connectivity index (χ4v) is 4.82. The normalized spacial score (nSPS) is 12.0. The van der Waals surface area contributed by atoms with Crippen LogP contribution in [0.3, 0.4) is 0 Å². The lowest BCUT2D eigenvalue weighted by molar-refractivity contribution is 0.0979. The molecule has 35 heavy (non-hydrogen) atoms. The first-order valence-corrected chi connectivity index (χ1v) is 11.6. The third-order valence-corrected chi connectivity index (χ3v) is 6.36. The highest BCUT2D eigenvalue weighted by Gasteiger charge is 2.33. The topological polar surface area (TPSA) is 37.4 Å². The van der Waals surface area contributed by atoms with Crippen LogP contribution in [0.5, 0.6) is 0 Å². The van der Waals surface area contributed by atoms with Crippen molar-refractivity contribution in [2.75, 3.05) is 4.90 Å². The molecule has 1 aliphatic rings. The number of fused-ring (bicyclic) bond motifs is 2. The second kappa shape index (κ2) is 9.40. The average molecular weight is 456 g/mol. The Kier molecular flexibility index (Phi) is 5.99. The second-order valence-electron chi connectivity index (χ2n) is 8.48. The second-order valence-corrected chi connectivity index (χ2v) is 8.48. The van der Waals surface area contributed by atoms with Gasteiger partial charge in [0.25, 0.3) is 0 Å². The summed E-state index contributed by atoms with van der Waals surface area (Å²) in [5.41, 5.74) is 6.46. The Bertz CT molecular complexity index is 1430. The van der Waals surface area contributed by atoms with Crippen molar-refractivity contribution < 1.29 is 9.59 Å². The largest absolute Gasteiger partial charge is 0.309 e. The maximum Gasteiger partial charge on any atom is 0.196 e. The maximum atomic E-state index is 13.9. The zero-order valence-electron chi connectivity index (χ0n) is 19.4. The van der Waals surface area contributed by atoms with Gasteiger partial charge in [0.1, 0.15) is 0 Å². The van der Waals surface area contributed by atoms with Crippen LogP contribution in [0, 0.1) is 0 Å². The lowest BCUT2D eigenvalue weighted by Gasteiger charge is -2.32. The molecule has 0 aromatic heterocycles. The van der Waals surface area contributed by atoms with Crippen LogP contribution < -0.4 is 4.90 Å². The highest BCUT2D eigenvalue weighted by molar-refractivity contribution is 6.30. The van der Waals surface area contributed by atoms with E-state index >= 15 is 0 Å². The molecule has 3 heteroatoms. The minimum atomic E-state index is -0.141. The molecule has 0 amide bonds. The van der Waals surface area contributed by atoms with Gasteiger partial charge in [-0.1, -0.05) is 84.9 Å². The van der Waals surface area contributed by atoms with Gasteiger partial charge >= 0.3 is 0 Å². The number of benzene rings is 4. The Hall–Kier alpha value is -4.50. The van der Waals surface area contributed by atoms with Crippen LogP contribution in [0.2, 0.25) is 0 Å². The number of hydrogen-bond acceptors (Lipinski definition) is 3. The number of carbonyl (C=O) groups is 2. The van der Waals surface area contributed by atoms with Crippen LogP contribution in [0.1, 0.15) is 43.0 Å². The Labute approximate surface area is 205 Å². The average Bonchev–Trinajstić information content (AvgIpc) is 2.89. The predicted molar refractivity (Wildman–Crippen MR) is 142 cm³/mol. The highest BCUT2D eigenvalue weighted by atomic mass is 16.1. The summed E-state index contributed by atoms with van der Waals surface area (Å²) in [5, 5.41) is 0. The standard InChI is InChI=1S/C32H25NO2/c1-3-12-22-14-5-9-19-27(22)33(28-20-10-6-15-23(28)13-4-2)29-21-11-18-26-30(29)32(35)25-17-8-7-16-24(25)31(26)34/h3-11,14-21H,1-2,12-13H2. The molecule has 0 fully saturated rings. The zero-order chi connectivity index (χ0) is 24.4. The van der Waals surface area contributed by atoms with Gasteiger partial charge in [-0.25, -0.2) is 0 Å². The van der Waals surface area contributed by atoms with Crippen LogP contribution in [0.4, 0.5) is 17.1 Å². The number of rotatable bonds is 7. The number of allylic oxidation sites excluding steroid dienone is 2. The Morgan fingerprint density at radius 2 is 1.00 bits per heavy atom. The Morgan fingerprint density at radius 3 is 1.57 bits per heavy atom. The van der Waals surface area contributed by atoms with Gasteiger partial charge in [-0.05, 0) is 42.2 Å². The first-order chi connectivity index (χ1) is 17.2. The number of carbonyl (C=O) groups excluding carboxylic acids is 2. The van der Waals surface area contributed by atoms with E-state index in [9.17, 15) is 9.59 Å². The summed E-state index contributed by atoms with van der Waals surface area (Å²) in [7, 11) is 0. The molecule has 0 atom stereocenters. The van der Waals surface area contributed by atoms with Crippen molar-refractivity contribution in [3.8, 4) is 0 Å².